The van der Waals surface area contributed by atoms with Crippen LogP contribution in [0.4, 0.5) is 5.69 Å². The fourth-order valence-corrected chi connectivity index (χ4v) is 4.99. The minimum absolute atomic E-state index is 0.110. The molecule has 0 N–H and O–H groups in total. The Balaban J connectivity index is 0.00000176. The van der Waals surface area contributed by atoms with Crippen molar-refractivity contribution in [1.82, 2.24) is 4.90 Å². The van der Waals surface area contributed by atoms with E-state index in [2.05, 4.69) is 0 Å². The number of sulfonamides is 1. The van der Waals surface area contributed by atoms with Gasteiger partial charge < -0.3 is 14.4 Å². The first-order valence-corrected chi connectivity index (χ1v) is 12.5. The third-order valence-corrected chi connectivity index (χ3v) is 7.00. The molecule has 0 spiro atoms. The van der Waals surface area contributed by atoms with E-state index < -0.39 is 10.0 Å². The molecule has 3 rings (SSSR count). The van der Waals surface area contributed by atoms with E-state index in [1.54, 1.807) is 41.3 Å². The lowest BCUT2D eigenvalue weighted by molar-refractivity contribution is -0.129. The Bertz CT molecular complexity index is 956. The van der Waals surface area contributed by atoms with Crippen LogP contribution in [0.3, 0.4) is 0 Å². The smallest absolute Gasteiger partial charge is 0.264 e. The molecule has 1 saturated heterocycles. The van der Waals surface area contributed by atoms with Crippen LogP contribution < -0.4 is 13.8 Å². The molecule has 0 radical (unpaired) electrons. The van der Waals surface area contributed by atoms with E-state index in [1.807, 2.05) is 13.8 Å². The number of hydrogen-bond acceptors (Lipinski definition) is 5. The summed E-state index contributed by atoms with van der Waals surface area (Å²) in [5, 5.41) is 0. The largest absolute Gasteiger partial charge is 0.497 e. The van der Waals surface area contributed by atoms with Crippen LogP contribution in [0, 0.1) is 0 Å². The molecule has 1 heterocycles. The number of carbonyl (C=O) groups is 1. The van der Waals surface area contributed by atoms with E-state index >= 15 is 0 Å². The van der Waals surface area contributed by atoms with Gasteiger partial charge in [-0.2, -0.15) is 0 Å². The predicted octanol–water partition coefficient (Wildman–Crippen LogP) is 4.33. The van der Waals surface area contributed by atoms with E-state index in [0.29, 0.717) is 24.6 Å². The monoisotopic (exact) mass is 462 g/mol. The molecule has 0 unspecified atom stereocenters. The SMILES string of the molecule is CC.COc1ccc(OC)c(N(CC(=O)N2CCCCCC2)S(=O)(=O)c2ccccc2)c1. The number of anilines is 1. The highest BCUT2D eigenvalue weighted by molar-refractivity contribution is 7.92. The summed E-state index contributed by atoms with van der Waals surface area (Å²) in [4.78, 5) is 15.0. The highest BCUT2D eigenvalue weighted by atomic mass is 32.2. The Morgan fingerprint density at radius 2 is 1.56 bits per heavy atom. The average Bonchev–Trinajstić information content (AvgIpc) is 3.13. The van der Waals surface area contributed by atoms with Crippen molar-refractivity contribution in [3.63, 3.8) is 0 Å². The van der Waals surface area contributed by atoms with Gasteiger partial charge in [-0.15, -0.1) is 0 Å². The lowest BCUT2D eigenvalue weighted by Gasteiger charge is -2.29. The Labute approximate surface area is 192 Å². The quantitative estimate of drug-likeness (QED) is 0.612. The molecule has 176 valence electrons. The molecule has 0 aromatic heterocycles. The van der Waals surface area contributed by atoms with Gasteiger partial charge in [-0.05, 0) is 37.1 Å². The van der Waals surface area contributed by atoms with Crippen LogP contribution in [-0.2, 0) is 14.8 Å². The van der Waals surface area contributed by atoms with Crippen molar-refractivity contribution in [3.8, 4) is 11.5 Å². The normalized spacial score (nSPS) is 13.9. The van der Waals surface area contributed by atoms with E-state index in [0.717, 1.165) is 30.0 Å². The molecule has 8 heteroatoms. The van der Waals surface area contributed by atoms with E-state index in [-0.39, 0.29) is 23.0 Å². The molecule has 2 aromatic carbocycles. The molecule has 1 fully saturated rings. The Morgan fingerprint density at radius 3 is 2.12 bits per heavy atom. The lowest BCUT2D eigenvalue weighted by atomic mass is 10.2. The van der Waals surface area contributed by atoms with Gasteiger partial charge in [0, 0.05) is 19.2 Å². The second kappa shape index (κ2) is 12.3. The van der Waals surface area contributed by atoms with Gasteiger partial charge in [-0.1, -0.05) is 44.9 Å². The van der Waals surface area contributed by atoms with Gasteiger partial charge in [0.15, 0.2) is 0 Å². The Kier molecular flexibility index (Phi) is 9.84. The van der Waals surface area contributed by atoms with Crippen LogP contribution in [0.1, 0.15) is 39.5 Å². The van der Waals surface area contributed by atoms with Crippen molar-refractivity contribution in [2.45, 2.75) is 44.4 Å². The van der Waals surface area contributed by atoms with Crippen molar-refractivity contribution in [2.75, 3.05) is 38.2 Å². The number of carbonyl (C=O) groups excluding carboxylic acids is 1. The Hall–Kier alpha value is -2.74. The molecule has 0 atom stereocenters. The summed E-state index contributed by atoms with van der Waals surface area (Å²) in [5.41, 5.74) is 0.267. The van der Waals surface area contributed by atoms with Crippen LogP contribution in [0.15, 0.2) is 53.4 Å². The molecule has 2 aromatic rings. The highest BCUT2D eigenvalue weighted by Gasteiger charge is 2.31. The van der Waals surface area contributed by atoms with E-state index in [1.165, 1.54) is 26.4 Å². The molecule has 1 aliphatic rings. The highest BCUT2D eigenvalue weighted by Crippen LogP contribution is 2.35. The second-order valence-corrected chi connectivity index (χ2v) is 9.02. The van der Waals surface area contributed by atoms with Crippen LogP contribution in [0.2, 0.25) is 0 Å². The maximum atomic E-state index is 13.5. The van der Waals surface area contributed by atoms with Crippen molar-refractivity contribution in [2.24, 2.45) is 0 Å². The molecule has 7 nitrogen and oxygen atoms in total. The van der Waals surface area contributed by atoms with Gasteiger partial charge in [0.05, 0.1) is 24.8 Å². The third-order valence-electron chi connectivity index (χ3n) is 5.22. The fourth-order valence-electron chi connectivity index (χ4n) is 3.55. The molecule has 0 saturated carbocycles. The predicted molar refractivity (Wildman–Crippen MR) is 127 cm³/mol. The lowest BCUT2D eigenvalue weighted by Crippen LogP contribution is -2.43. The first kappa shape index (κ1) is 25.5. The van der Waals surface area contributed by atoms with E-state index in [4.69, 9.17) is 9.47 Å². The van der Waals surface area contributed by atoms with Crippen molar-refractivity contribution in [3.05, 3.63) is 48.5 Å². The summed E-state index contributed by atoms with van der Waals surface area (Å²) >= 11 is 0. The van der Waals surface area contributed by atoms with Gasteiger partial charge >= 0.3 is 0 Å². The van der Waals surface area contributed by atoms with Crippen molar-refractivity contribution < 1.29 is 22.7 Å². The number of methoxy groups -OCH3 is 2. The second-order valence-electron chi connectivity index (χ2n) is 7.16. The van der Waals surface area contributed by atoms with Crippen LogP contribution in [0.5, 0.6) is 11.5 Å². The molecular formula is C24H34N2O5S. The number of likely N-dealkylation sites (tertiary alicyclic amines) is 1. The third kappa shape index (κ3) is 6.16. The minimum atomic E-state index is -4.00. The molecule has 0 aliphatic carbocycles. The van der Waals surface area contributed by atoms with Crippen molar-refractivity contribution >= 4 is 21.6 Å². The van der Waals surface area contributed by atoms with Gasteiger partial charge in [-0.25, -0.2) is 8.42 Å². The number of benzene rings is 2. The van der Waals surface area contributed by atoms with Gasteiger partial charge in [0.25, 0.3) is 10.0 Å². The maximum absolute atomic E-state index is 13.5. The summed E-state index contributed by atoms with van der Waals surface area (Å²) < 4.78 is 38.9. The zero-order valence-electron chi connectivity index (χ0n) is 19.4. The summed E-state index contributed by atoms with van der Waals surface area (Å²) in [6.45, 7) is 4.99. The first-order valence-electron chi connectivity index (χ1n) is 11.0. The standard InChI is InChI=1S/C22H28N2O5S.C2H6/c1-28-18-12-13-21(29-2)20(16-18)24(30(26,27)19-10-6-5-7-11-19)17-22(25)23-14-8-3-4-9-15-23;1-2/h5-7,10-13,16H,3-4,8-9,14-15,17H2,1-2H3;1-2H3. The summed E-state index contributed by atoms with van der Waals surface area (Å²) in [6, 6.07) is 13.0. The number of nitrogens with zero attached hydrogens (tertiary/aromatic N) is 2. The fraction of sp³-hybridized carbons (Fsp3) is 0.458. The topological polar surface area (TPSA) is 76.2 Å². The molecule has 1 aliphatic heterocycles. The zero-order valence-corrected chi connectivity index (χ0v) is 20.2. The number of amides is 1. The number of hydrogen-bond donors (Lipinski definition) is 0. The Morgan fingerprint density at radius 1 is 0.938 bits per heavy atom. The minimum Gasteiger partial charge on any atom is -0.497 e. The van der Waals surface area contributed by atoms with Crippen LogP contribution >= 0.6 is 0 Å². The average molecular weight is 463 g/mol. The molecule has 1 amide bonds. The molecule has 0 bridgehead atoms. The van der Waals surface area contributed by atoms with Crippen LogP contribution in [-0.4, -0.2) is 53.1 Å². The molecule has 32 heavy (non-hydrogen) atoms. The molecular weight excluding hydrogens is 428 g/mol. The summed E-state index contributed by atoms with van der Waals surface area (Å²) in [7, 11) is -1.03. The maximum Gasteiger partial charge on any atom is 0.264 e. The van der Waals surface area contributed by atoms with E-state index in [9.17, 15) is 13.2 Å². The summed E-state index contributed by atoms with van der Waals surface area (Å²) in [6.07, 6.45) is 4.03. The first-order chi connectivity index (χ1) is 15.5. The number of rotatable bonds is 7. The van der Waals surface area contributed by atoms with Gasteiger partial charge in [0.1, 0.15) is 18.0 Å². The van der Waals surface area contributed by atoms with Gasteiger partial charge in [-0.3, -0.25) is 9.10 Å². The summed E-state index contributed by atoms with van der Waals surface area (Å²) in [5.74, 6) is 0.599. The van der Waals surface area contributed by atoms with Crippen molar-refractivity contribution in [1.29, 1.82) is 0 Å². The zero-order chi connectivity index (χ0) is 23.6. The van der Waals surface area contributed by atoms with Crippen LogP contribution in [0.25, 0.3) is 0 Å². The number of ether oxygens (including phenoxy) is 2. The van der Waals surface area contributed by atoms with Gasteiger partial charge in [0.2, 0.25) is 5.91 Å².